The number of nitrogens with two attached hydrogens (primary N) is 1. The van der Waals surface area contributed by atoms with Gasteiger partial charge >= 0.3 is 0 Å². The van der Waals surface area contributed by atoms with E-state index in [2.05, 4.69) is 23.7 Å². The summed E-state index contributed by atoms with van der Waals surface area (Å²) in [4.78, 5) is 18.8. The number of fused-ring (bicyclic) bond motifs is 1. The van der Waals surface area contributed by atoms with Crippen molar-refractivity contribution in [1.82, 2.24) is 14.8 Å². The fourth-order valence-corrected chi connectivity index (χ4v) is 2.91. The molecule has 1 heterocycles. The van der Waals surface area contributed by atoms with Crippen LogP contribution in [0.5, 0.6) is 5.75 Å². The molecule has 0 aliphatic rings. The molecule has 28 heavy (non-hydrogen) atoms. The van der Waals surface area contributed by atoms with Crippen LogP contribution in [-0.2, 0) is 0 Å². The molecule has 0 bridgehead atoms. The molecule has 0 aliphatic heterocycles. The van der Waals surface area contributed by atoms with Crippen LogP contribution in [0.25, 0.3) is 10.9 Å². The Labute approximate surface area is 182 Å². The van der Waals surface area contributed by atoms with Gasteiger partial charge in [-0.15, -0.1) is 24.8 Å². The van der Waals surface area contributed by atoms with E-state index >= 15 is 0 Å². The van der Waals surface area contributed by atoms with E-state index in [-0.39, 0.29) is 30.8 Å². The van der Waals surface area contributed by atoms with Crippen LogP contribution in [0.1, 0.15) is 30.8 Å². The first-order chi connectivity index (χ1) is 12.4. The number of H-pyrrole nitrogens is 1. The first kappa shape index (κ1) is 26.3. The maximum absolute atomic E-state index is 12.4. The Kier molecular flexibility index (Phi) is 11.3. The van der Waals surface area contributed by atoms with Crippen LogP contribution in [0.3, 0.4) is 0 Å². The molecule has 0 radical (unpaired) electrons. The Bertz CT molecular complexity index is 793. The van der Waals surface area contributed by atoms with Crippen LogP contribution in [0.2, 0.25) is 5.02 Å². The van der Waals surface area contributed by atoms with Crippen molar-refractivity contribution in [3.63, 3.8) is 0 Å². The number of aromatic amines is 1. The summed E-state index contributed by atoms with van der Waals surface area (Å²) >= 11 is 6.26. The van der Waals surface area contributed by atoms with Crippen molar-refractivity contribution in [3.8, 4) is 5.75 Å². The molecular weight excluding hydrogens is 425 g/mol. The number of ether oxygens (including phenoxy) is 1. The highest BCUT2D eigenvalue weighted by Crippen LogP contribution is 2.32. The highest BCUT2D eigenvalue weighted by atomic mass is 35.5. The number of carbonyl (C=O) groups excluding carboxylic acids is 1. The van der Waals surface area contributed by atoms with E-state index < -0.39 is 5.91 Å². The second-order valence-corrected chi connectivity index (χ2v) is 6.40. The summed E-state index contributed by atoms with van der Waals surface area (Å²) in [5, 5.41) is 8.62. The molecule has 1 aromatic carbocycles. The lowest BCUT2D eigenvalue weighted by molar-refractivity contribution is 0.0864. The summed E-state index contributed by atoms with van der Waals surface area (Å²) in [6.07, 6.45) is 0.908. The molecule has 0 fully saturated rings. The molecule has 4 N–H and O–H groups in total. The van der Waals surface area contributed by atoms with Crippen molar-refractivity contribution in [2.24, 2.45) is 5.73 Å². The summed E-state index contributed by atoms with van der Waals surface area (Å²) in [5.41, 5.74) is 6.35. The lowest BCUT2D eigenvalue weighted by Gasteiger charge is -2.17. The summed E-state index contributed by atoms with van der Waals surface area (Å²) in [6.45, 7) is 7.87. The number of amides is 1. The number of nitrogens with one attached hydrogen (secondary N) is 2. The van der Waals surface area contributed by atoms with Crippen molar-refractivity contribution in [2.75, 3.05) is 33.3 Å². The van der Waals surface area contributed by atoms with Crippen molar-refractivity contribution in [1.29, 1.82) is 5.41 Å². The molecule has 7 nitrogen and oxygen atoms in total. The van der Waals surface area contributed by atoms with Gasteiger partial charge in [-0.25, -0.2) is 0 Å². The lowest BCUT2D eigenvalue weighted by atomic mass is 10.2. The second-order valence-electron chi connectivity index (χ2n) is 6.00. The number of hydrogen-bond donors (Lipinski definition) is 3. The van der Waals surface area contributed by atoms with E-state index in [4.69, 9.17) is 27.5 Å². The van der Waals surface area contributed by atoms with Crippen LogP contribution in [0.15, 0.2) is 18.2 Å². The van der Waals surface area contributed by atoms with Gasteiger partial charge in [0.2, 0.25) is 0 Å². The Morgan fingerprint density at radius 1 is 1.29 bits per heavy atom. The Morgan fingerprint density at radius 2 is 1.93 bits per heavy atom. The highest BCUT2D eigenvalue weighted by Gasteiger charge is 2.19. The third kappa shape index (κ3) is 6.17. The number of halogens is 3. The largest absolute Gasteiger partial charge is 0.491 e. The molecule has 10 heteroatoms. The first-order valence-corrected chi connectivity index (χ1v) is 9.05. The molecule has 0 unspecified atom stereocenters. The lowest BCUT2D eigenvalue weighted by Crippen LogP contribution is -2.38. The summed E-state index contributed by atoms with van der Waals surface area (Å²) in [7, 11) is 1.45. The quantitative estimate of drug-likeness (QED) is 0.323. The SMILES string of the molecule is CCN(CC)CCCOc1ccc(Cl)c2cc(C(=O)N(C)C(=N)N)[nH]c12.Cl.Cl. The predicted molar refractivity (Wildman–Crippen MR) is 120 cm³/mol. The molecule has 0 saturated carbocycles. The molecule has 1 amide bonds. The zero-order valence-corrected chi connectivity index (χ0v) is 18.6. The van der Waals surface area contributed by atoms with Gasteiger partial charge in [0.05, 0.1) is 17.1 Å². The molecule has 2 aromatic rings. The Morgan fingerprint density at radius 3 is 2.50 bits per heavy atom. The molecule has 2 rings (SSSR count). The third-order valence-corrected chi connectivity index (χ3v) is 4.70. The number of aromatic nitrogens is 1. The summed E-state index contributed by atoms with van der Waals surface area (Å²) in [5.74, 6) is -0.0849. The van der Waals surface area contributed by atoms with Crippen molar-refractivity contribution >= 4 is 59.2 Å². The zero-order valence-electron chi connectivity index (χ0n) is 16.3. The van der Waals surface area contributed by atoms with Gasteiger partial charge in [-0.05, 0) is 37.7 Å². The van der Waals surface area contributed by atoms with E-state index in [1.807, 2.05) is 0 Å². The fourth-order valence-electron chi connectivity index (χ4n) is 2.69. The molecule has 0 atom stereocenters. The third-order valence-electron chi connectivity index (χ3n) is 4.37. The van der Waals surface area contributed by atoms with Gasteiger partial charge in [0.15, 0.2) is 5.96 Å². The average molecular weight is 453 g/mol. The second kappa shape index (κ2) is 12.0. The monoisotopic (exact) mass is 451 g/mol. The van der Waals surface area contributed by atoms with Crippen LogP contribution in [0, 0.1) is 5.41 Å². The Balaban J connectivity index is 0.00000364. The molecule has 0 saturated heterocycles. The van der Waals surface area contributed by atoms with E-state index in [1.54, 1.807) is 18.2 Å². The zero-order chi connectivity index (χ0) is 19.3. The van der Waals surface area contributed by atoms with E-state index in [9.17, 15) is 4.79 Å². The standard InChI is InChI=1S/C18H26ClN5O2.2ClH/c1-4-24(5-2)9-6-10-26-15-8-7-13(19)12-11-14(22-16(12)15)17(25)23(3)18(20)21;;/h7-8,11,22H,4-6,9-10H2,1-3H3,(H3,20,21);2*1H. The number of carbonyl (C=O) groups is 1. The molecule has 1 aromatic heterocycles. The number of benzene rings is 1. The van der Waals surface area contributed by atoms with Gasteiger partial charge in [-0.3, -0.25) is 15.1 Å². The van der Waals surface area contributed by atoms with Crippen LogP contribution in [-0.4, -0.2) is 59.9 Å². The maximum Gasteiger partial charge on any atom is 0.276 e. The maximum atomic E-state index is 12.4. The van der Waals surface area contributed by atoms with Gasteiger partial charge in [-0.2, -0.15) is 0 Å². The molecular formula is C18H28Cl3N5O2. The molecule has 158 valence electrons. The first-order valence-electron chi connectivity index (χ1n) is 8.67. The van der Waals surface area contributed by atoms with Gasteiger partial charge in [0.1, 0.15) is 11.4 Å². The number of rotatable bonds is 8. The fraction of sp³-hybridized carbons (Fsp3) is 0.444. The normalized spacial score (nSPS) is 10.3. The van der Waals surface area contributed by atoms with Crippen molar-refractivity contribution in [2.45, 2.75) is 20.3 Å². The topological polar surface area (TPSA) is 98.4 Å². The number of hydrogen-bond acceptors (Lipinski definition) is 4. The predicted octanol–water partition coefficient (Wildman–Crippen LogP) is 3.74. The average Bonchev–Trinajstić information content (AvgIpc) is 3.08. The van der Waals surface area contributed by atoms with E-state index in [0.29, 0.717) is 34.0 Å². The van der Waals surface area contributed by atoms with Crippen molar-refractivity contribution < 1.29 is 9.53 Å². The summed E-state index contributed by atoms with van der Waals surface area (Å²) < 4.78 is 5.91. The number of nitrogens with zero attached hydrogens (tertiary/aromatic N) is 2. The smallest absolute Gasteiger partial charge is 0.276 e. The number of guanidine groups is 1. The van der Waals surface area contributed by atoms with Gasteiger partial charge in [-0.1, -0.05) is 25.4 Å². The van der Waals surface area contributed by atoms with Gasteiger partial charge in [0.25, 0.3) is 5.91 Å². The highest BCUT2D eigenvalue weighted by molar-refractivity contribution is 6.35. The van der Waals surface area contributed by atoms with Crippen molar-refractivity contribution in [3.05, 3.63) is 28.9 Å². The molecule has 0 aliphatic carbocycles. The minimum absolute atomic E-state index is 0. The van der Waals surface area contributed by atoms with Crippen LogP contribution in [0.4, 0.5) is 0 Å². The van der Waals surface area contributed by atoms with Gasteiger partial charge in [0, 0.05) is 19.0 Å². The Hall–Kier alpha value is -1.67. The van der Waals surface area contributed by atoms with E-state index in [1.165, 1.54) is 7.05 Å². The van der Waals surface area contributed by atoms with E-state index in [0.717, 1.165) is 31.0 Å². The molecule has 0 spiro atoms. The minimum atomic E-state index is -0.405. The van der Waals surface area contributed by atoms with Gasteiger partial charge < -0.3 is 20.4 Å². The minimum Gasteiger partial charge on any atom is -0.491 e. The summed E-state index contributed by atoms with van der Waals surface area (Å²) in [6, 6.07) is 5.20. The van der Waals surface area contributed by atoms with Crippen LogP contribution >= 0.6 is 36.4 Å². The van der Waals surface area contributed by atoms with Crippen LogP contribution < -0.4 is 10.5 Å².